The Hall–Kier alpha value is -2.96. The number of benzene rings is 3. The molecule has 0 N–H and O–H groups in total. The van der Waals surface area contributed by atoms with E-state index in [-0.39, 0.29) is 18.0 Å². The molecule has 0 aliphatic carbocycles. The van der Waals surface area contributed by atoms with Crippen molar-refractivity contribution in [1.29, 1.82) is 0 Å². The van der Waals surface area contributed by atoms with Gasteiger partial charge in [-0.25, -0.2) is 4.39 Å². The third-order valence-electron chi connectivity index (χ3n) is 5.22. The Morgan fingerprint density at radius 3 is 1.81 bits per heavy atom. The van der Waals surface area contributed by atoms with Crippen LogP contribution in [0.15, 0.2) is 84.9 Å². The summed E-state index contributed by atoms with van der Waals surface area (Å²) in [6.07, 6.45) is 0.539. The number of ether oxygens (including phenoxy) is 1. The van der Waals surface area contributed by atoms with Crippen LogP contribution in [-0.4, -0.2) is 29.9 Å². The quantitative estimate of drug-likeness (QED) is 0.364. The third-order valence-corrected chi connectivity index (χ3v) is 5.22. The monoisotopic (exact) mass is 441 g/mol. The van der Waals surface area contributed by atoms with Crippen LogP contribution in [-0.2, 0) is 29.0 Å². The van der Waals surface area contributed by atoms with Gasteiger partial charge < -0.3 is 4.74 Å². The summed E-state index contributed by atoms with van der Waals surface area (Å²) < 4.78 is 43.5. The molecule has 0 fully saturated rings. The van der Waals surface area contributed by atoms with E-state index in [2.05, 4.69) is 4.74 Å². The number of halogens is 3. The van der Waals surface area contributed by atoms with Crippen LogP contribution >= 0.6 is 0 Å². The minimum atomic E-state index is -2.96. The van der Waals surface area contributed by atoms with Gasteiger partial charge in [0.1, 0.15) is 5.82 Å². The van der Waals surface area contributed by atoms with Gasteiger partial charge in [-0.05, 0) is 35.2 Å². The van der Waals surface area contributed by atoms with Crippen molar-refractivity contribution in [1.82, 2.24) is 4.90 Å². The second-order valence-corrected chi connectivity index (χ2v) is 7.58. The molecular formula is C26H26F3NO2. The van der Waals surface area contributed by atoms with E-state index in [4.69, 9.17) is 0 Å². The van der Waals surface area contributed by atoms with Crippen molar-refractivity contribution in [3.8, 4) is 0 Å². The molecule has 0 saturated heterocycles. The Morgan fingerprint density at radius 2 is 1.31 bits per heavy atom. The van der Waals surface area contributed by atoms with Crippen LogP contribution in [0.3, 0.4) is 0 Å². The molecule has 32 heavy (non-hydrogen) atoms. The molecule has 0 aliphatic heterocycles. The van der Waals surface area contributed by atoms with Crippen LogP contribution in [0.5, 0.6) is 0 Å². The maximum Gasteiger partial charge on any atom is 0.345 e. The molecule has 1 unspecified atom stereocenters. The Balaban J connectivity index is 1.80. The summed E-state index contributed by atoms with van der Waals surface area (Å²) in [6, 6.07) is 24.2. The number of nitrogens with zero attached hydrogens (tertiary/aromatic N) is 1. The van der Waals surface area contributed by atoms with E-state index in [0.717, 1.165) is 16.7 Å². The first kappa shape index (κ1) is 23.7. The van der Waals surface area contributed by atoms with E-state index in [0.29, 0.717) is 19.5 Å². The van der Waals surface area contributed by atoms with Gasteiger partial charge in [0.05, 0.1) is 12.6 Å². The zero-order chi connectivity index (χ0) is 22.8. The predicted octanol–water partition coefficient (Wildman–Crippen LogP) is 5.64. The lowest BCUT2D eigenvalue weighted by Gasteiger charge is -2.31. The van der Waals surface area contributed by atoms with Gasteiger partial charge in [0, 0.05) is 19.5 Å². The van der Waals surface area contributed by atoms with E-state index < -0.39 is 19.3 Å². The van der Waals surface area contributed by atoms with Gasteiger partial charge in [-0.1, -0.05) is 72.8 Å². The lowest BCUT2D eigenvalue weighted by Crippen LogP contribution is -2.44. The number of carbonyl (C=O) groups is 1. The van der Waals surface area contributed by atoms with Crippen molar-refractivity contribution in [2.45, 2.75) is 38.6 Å². The molecule has 3 rings (SSSR count). The average molecular weight is 441 g/mol. The van der Waals surface area contributed by atoms with E-state index >= 15 is 0 Å². The van der Waals surface area contributed by atoms with Crippen LogP contribution in [0.25, 0.3) is 0 Å². The summed E-state index contributed by atoms with van der Waals surface area (Å²) in [4.78, 5) is 15.1. The molecule has 3 nitrogen and oxygen atoms in total. The smallest absolute Gasteiger partial charge is 0.321 e. The number of hydrogen-bond donors (Lipinski definition) is 0. The van der Waals surface area contributed by atoms with E-state index in [1.807, 2.05) is 65.6 Å². The highest BCUT2D eigenvalue weighted by Crippen LogP contribution is 2.18. The molecule has 0 amide bonds. The summed E-state index contributed by atoms with van der Waals surface area (Å²) in [5, 5.41) is 0. The average Bonchev–Trinajstić information content (AvgIpc) is 2.80. The highest BCUT2D eigenvalue weighted by Gasteiger charge is 2.27. The van der Waals surface area contributed by atoms with Crippen molar-refractivity contribution in [3.05, 3.63) is 107 Å². The zero-order valence-corrected chi connectivity index (χ0v) is 17.7. The summed E-state index contributed by atoms with van der Waals surface area (Å²) in [6.45, 7) is -2.54. The standard InChI is InChI=1S/C26H26F3NO2/c27-23-14-11-20(12-15-23)13-16-25(31)24(19-32-26(28)29)30(17-21-7-3-1-4-8-21)18-22-9-5-2-6-10-22/h1-12,14-15,24,26H,13,16-19H2. The minimum Gasteiger partial charge on any atom is -0.321 e. The number of carbonyl (C=O) groups excluding carboxylic acids is 1. The molecule has 0 saturated carbocycles. The molecule has 0 aromatic heterocycles. The number of hydrogen-bond acceptors (Lipinski definition) is 3. The molecule has 0 heterocycles. The fourth-order valence-corrected chi connectivity index (χ4v) is 3.56. The number of Topliss-reactive ketones (excluding diaryl/α,β-unsaturated/α-hetero) is 1. The van der Waals surface area contributed by atoms with Gasteiger partial charge in [-0.2, -0.15) is 8.78 Å². The van der Waals surface area contributed by atoms with Gasteiger partial charge in [0.15, 0.2) is 5.78 Å². The summed E-state index contributed by atoms with van der Waals surface area (Å²) >= 11 is 0. The van der Waals surface area contributed by atoms with Gasteiger partial charge in [-0.3, -0.25) is 9.69 Å². The lowest BCUT2D eigenvalue weighted by atomic mass is 10.0. The predicted molar refractivity (Wildman–Crippen MR) is 118 cm³/mol. The number of aryl methyl sites for hydroxylation is 1. The van der Waals surface area contributed by atoms with Gasteiger partial charge in [0.2, 0.25) is 0 Å². The van der Waals surface area contributed by atoms with Crippen LogP contribution in [0.4, 0.5) is 13.2 Å². The highest BCUT2D eigenvalue weighted by atomic mass is 19.3. The number of alkyl halides is 2. The molecule has 0 bridgehead atoms. The second-order valence-electron chi connectivity index (χ2n) is 7.58. The lowest BCUT2D eigenvalue weighted by molar-refractivity contribution is -0.151. The maximum atomic E-state index is 13.2. The Kier molecular flexibility index (Phi) is 9.01. The zero-order valence-electron chi connectivity index (χ0n) is 17.7. The van der Waals surface area contributed by atoms with Crippen molar-refractivity contribution in [3.63, 3.8) is 0 Å². The molecular weight excluding hydrogens is 415 g/mol. The molecule has 6 heteroatoms. The first-order chi connectivity index (χ1) is 15.5. The number of ketones is 1. The Labute approximate surface area is 186 Å². The van der Waals surface area contributed by atoms with Gasteiger partial charge in [0.25, 0.3) is 0 Å². The van der Waals surface area contributed by atoms with Crippen molar-refractivity contribution < 1.29 is 22.7 Å². The van der Waals surface area contributed by atoms with Crippen LogP contribution < -0.4 is 0 Å². The normalized spacial score (nSPS) is 12.3. The van der Waals surface area contributed by atoms with Crippen LogP contribution in [0, 0.1) is 5.82 Å². The molecule has 3 aromatic carbocycles. The van der Waals surface area contributed by atoms with Crippen molar-refractivity contribution >= 4 is 5.78 Å². The van der Waals surface area contributed by atoms with Crippen molar-refractivity contribution in [2.24, 2.45) is 0 Å². The topological polar surface area (TPSA) is 29.5 Å². The largest absolute Gasteiger partial charge is 0.345 e. The fourth-order valence-electron chi connectivity index (χ4n) is 3.56. The second kappa shape index (κ2) is 12.2. The fraction of sp³-hybridized carbons (Fsp3) is 0.269. The van der Waals surface area contributed by atoms with E-state index in [1.54, 1.807) is 12.1 Å². The highest BCUT2D eigenvalue weighted by molar-refractivity contribution is 5.84. The van der Waals surface area contributed by atoms with E-state index in [9.17, 15) is 18.0 Å². The minimum absolute atomic E-state index is 0.142. The molecule has 3 aromatic rings. The van der Waals surface area contributed by atoms with Gasteiger partial charge in [-0.15, -0.1) is 0 Å². The summed E-state index contributed by atoms with van der Waals surface area (Å²) in [5.41, 5.74) is 2.75. The van der Waals surface area contributed by atoms with Gasteiger partial charge >= 0.3 is 6.61 Å². The Morgan fingerprint density at radius 1 is 0.781 bits per heavy atom. The molecule has 0 spiro atoms. The first-order valence-corrected chi connectivity index (χ1v) is 10.5. The molecule has 1 atom stereocenters. The summed E-state index contributed by atoms with van der Waals surface area (Å²) in [5.74, 6) is -0.540. The molecule has 0 radical (unpaired) electrons. The number of rotatable bonds is 12. The van der Waals surface area contributed by atoms with E-state index in [1.165, 1.54) is 12.1 Å². The Bertz CT molecular complexity index is 908. The summed E-state index contributed by atoms with van der Waals surface area (Å²) in [7, 11) is 0. The maximum absolute atomic E-state index is 13.2. The molecule has 0 aliphatic rings. The SMILES string of the molecule is O=C(CCc1ccc(F)cc1)C(COC(F)F)N(Cc1ccccc1)Cc1ccccc1. The first-order valence-electron chi connectivity index (χ1n) is 10.5. The van der Waals surface area contributed by atoms with Crippen molar-refractivity contribution in [2.75, 3.05) is 6.61 Å². The third kappa shape index (κ3) is 7.62. The molecule has 168 valence electrons. The van der Waals surface area contributed by atoms with Crippen LogP contribution in [0.2, 0.25) is 0 Å². The van der Waals surface area contributed by atoms with Crippen LogP contribution in [0.1, 0.15) is 23.1 Å².